The second-order valence-electron chi connectivity index (χ2n) is 9.49. The van der Waals surface area contributed by atoms with E-state index in [0.29, 0.717) is 48.5 Å². The van der Waals surface area contributed by atoms with Crippen LogP contribution in [-0.2, 0) is 16.6 Å². The lowest BCUT2D eigenvalue weighted by molar-refractivity contribution is 0.0985. The van der Waals surface area contributed by atoms with Crippen molar-refractivity contribution in [2.45, 2.75) is 11.4 Å². The van der Waals surface area contributed by atoms with Crippen LogP contribution >= 0.6 is 23.7 Å². The van der Waals surface area contributed by atoms with Gasteiger partial charge in [0.1, 0.15) is 13.2 Å². The topological polar surface area (TPSA) is 92.3 Å². The number of carbonyl (C=O) groups excluding carboxylic acids is 1. The Hall–Kier alpha value is -3.22. The van der Waals surface area contributed by atoms with Crippen LogP contribution in [0.2, 0.25) is 0 Å². The molecule has 2 heterocycles. The molecular weight excluding hydrogens is 572 g/mol. The molecule has 0 bridgehead atoms. The van der Waals surface area contributed by atoms with E-state index in [0.717, 1.165) is 15.8 Å². The highest BCUT2D eigenvalue weighted by Crippen LogP contribution is 2.39. The molecule has 4 aromatic rings. The quantitative estimate of drug-likeness (QED) is 0.278. The van der Waals surface area contributed by atoms with Crippen molar-refractivity contribution in [3.63, 3.8) is 0 Å². The first-order valence-electron chi connectivity index (χ1n) is 12.5. The number of hydrogen-bond acceptors (Lipinski definition) is 8. The number of amides is 1. The molecule has 0 unspecified atom stereocenters. The number of benzene rings is 3. The van der Waals surface area contributed by atoms with Crippen LogP contribution in [0.15, 0.2) is 71.6 Å². The van der Waals surface area contributed by atoms with Gasteiger partial charge in [-0.3, -0.25) is 9.69 Å². The molecule has 0 spiro atoms. The Morgan fingerprint density at radius 2 is 1.57 bits per heavy atom. The minimum atomic E-state index is -3.73. The van der Waals surface area contributed by atoms with E-state index in [2.05, 4.69) is 0 Å². The van der Waals surface area contributed by atoms with E-state index in [1.807, 2.05) is 61.5 Å². The summed E-state index contributed by atoms with van der Waals surface area (Å²) in [7, 11) is 1.70. The molecule has 9 nitrogen and oxygen atoms in total. The van der Waals surface area contributed by atoms with Crippen molar-refractivity contribution in [2.75, 3.05) is 52.3 Å². The summed E-state index contributed by atoms with van der Waals surface area (Å²) in [4.78, 5) is 22.2. The van der Waals surface area contributed by atoms with Gasteiger partial charge < -0.3 is 14.4 Å². The lowest BCUT2D eigenvalue weighted by Gasteiger charge is -2.22. The van der Waals surface area contributed by atoms with Crippen molar-refractivity contribution in [3.8, 4) is 11.5 Å². The number of aromatic nitrogens is 1. The molecular formula is C28H31ClN4O5S2. The monoisotopic (exact) mass is 602 g/mol. The summed E-state index contributed by atoms with van der Waals surface area (Å²) in [6.45, 7) is 2.26. The Kier molecular flexibility index (Phi) is 9.32. The van der Waals surface area contributed by atoms with Crippen molar-refractivity contribution in [1.29, 1.82) is 0 Å². The van der Waals surface area contributed by atoms with Crippen molar-refractivity contribution >= 4 is 55.0 Å². The smallest absolute Gasteiger partial charge is 0.260 e. The number of sulfonamides is 1. The largest absolute Gasteiger partial charge is 0.486 e. The van der Waals surface area contributed by atoms with Crippen LogP contribution in [0.3, 0.4) is 0 Å². The average molecular weight is 603 g/mol. The van der Waals surface area contributed by atoms with Crippen LogP contribution < -0.4 is 14.4 Å². The Morgan fingerprint density at radius 1 is 0.925 bits per heavy atom. The highest BCUT2D eigenvalue weighted by molar-refractivity contribution is 7.89. The number of ether oxygens (including phenoxy) is 2. The summed E-state index contributed by atoms with van der Waals surface area (Å²) in [6.07, 6.45) is 0. The molecule has 12 heteroatoms. The van der Waals surface area contributed by atoms with Crippen molar-refractivity contribution in [3.05, 3.63) is 77.9 Å². The molecule has 212 valence electrons. The molecule has 0 saturated carbocycles. The van der Waals surface area contributed by atoms with Gasteiger partial charge >= 0.3 is 0 Å². The molecule has 1 aromatic heterocycles. The van der Waals surface area contributed by atoms with E-state index in [4.69, 9.17) is 14.5 Å². The van der Waals surface area contributed by atoms with Gasteiger partial charge in [-0.2, -0.15) is 4.31 Å². The molecule has 3 aromatic carbocycles. The highest BCUT2D eigenvalue weighted by atomic mass is 35.5. The number of likely N-dealkylation sites (N-methyl/N-ethyl adjacent to an activating group) is 1. The minimum absolute atomic E-state index is 0. The van der Waals surface area contributed by atoms with E-state index in [-0.39, 0.29) is 29.8 Å². The molecule has 0 atom stereocenters. The first-order valence-corrected chi connectivity index (χ1v) is 14.7. The third kappa shape index (κ3) is 6.39. The zero-order chi connectivity index (χ0) is 27.6. The van der Waals surface area contributed by atoms with Gasteiger partial charge in [0.15, 0.2) is 16.6 Å². The summed E-state index contributed by atoms with van der Waals surface area (Å²) < 4.78 is 39.9. The number of anilines is 1. The molecule has 0 fully saturated rings. The standard InChI is InChI=1S/C28H30N4O5S2.ClH/c1-30(2)13-14-32(28-29-23-17-24-25(18-26(23)38-28)37-16-15-36-24)27(33)21-9-11-22(12-10-21)39(34,35)31(3)19-20-7-5-4-6-8-20;/h4-12,17-18H,13-16,19H2,1-3H3;1H. The number of carbonyl (C=O) groups is 1. The van der Waals surface area contributed by atoms with Crippen LogP contribution in [0, 0.1) is 0 Å². The number of thiazole rings is 1. The van der Waals surface area contributed by atoms with Gasteiger partial charge in [0.05, 0.1) is 15.1 Å². The predicted molar refractivity (Wildman–Crippen MR) is 160 cm³/mol. The first kappa shape index (κ1) is 29.8. The average Bonchev–Trinajstić information content (AvgIpc) is 3.34. The fourth-order valence-electron chi connectivity index (χ4n) is 4.18. The molecule has 0 radical (unpaired) electrons. The van der Waals surface area contributed by atoms with Crippen molar-refractivity contribution < 1.29 is 22.7 Å². The fraction of sp³-hybridized carbons (Fsp3) is 0.286. The highest BCUT2D eigenvalue weighted by Gasteiger charge is 2.25. The molecule has 0 saturated heterocycles. The lowest BCUT2D eigenvalue weighted by Crippen LogP contribution is -2.36. The van der Waals surface area contributed by atoms with Crippen LogP contribution in [-0.4, -0.2) is 76.0 Å². The van der Waals surface area contributed by atoms with E-state index >= 15 is 0 Å². The second kappa shape index (κ2) is 12.5. The zero-order valence-electron chi connectivity index (χ0n) is 22.4. The molecule has 0 N–H and O–H groups in total. The Bertz CT molecular complexity index is 1530. The van der Waals surface area contributed by atoms with E-state index in [1.54, 1.807) is 24.1 Å². The van der Waals surface area contributed by atoms with Crippen LogP contribution in [0.4, 0.5) is 5.13 Å². The van der Waals surface area contributed by atoms with E-state index in [9.17, 15) is 13.2 Å². The number of rotatable bonds is 9. The summed E-state index contributed by atoms with van der Waals surface area (Å²) in [5, 5.41) is 0.554. The summed E-state index contributed by atoms with van der Waals surface area (Å²) in [5.41, 5.74) is 2.00. The SMILES string of the molecule is CN(C)CCN(C(=O)c1ccc(S(=O)(=O)N(C)Cc2ccccc2)cc1)c1nc2cc3c(cc2s1)OCCO3.Cl. The predicted octanol–water partition coefficient (Wildman–Crippen LogP) is 4.52. The molecule has 0 aliphatic carbocycles. The minimum Gasteiger partial charge on any atom is -0.486 e. The van der Waals surface area contributed by atoms with Crippen LogP contribution in [0.1, 0.15) is 15.9 Å². The third-order valence-corrected chi connectivity index (χ3v) is 9.20. The van der Waals surface area contributed by atoms with Crippen LogP contribution in [0.5, 0.6) is 11.5 Å². The van der Waals surface area contributed by atoms with E-state index in [1.165, 1.54) is 27.8 Å². The lowest BCUT2D eigenvalue weighted by atomic mass is 10.2. The van der Waals surface area contributed by atoms with Crippen LogP contribution in [0.25, 0.3) is 10.2 Å². The summed E-state index contributed by atoms with van der Waals surface area (Å²) >= 11 is 1.40. The van der Waals surface area contributed by atoms with Gasteiger partial charge in [-0.15, -0.1) is 12.4 Å². The molecule has 1 aliphatic rings. The first-order chi connectivity index (χ1) is 18.7. The Labute approximate surface area is 244 Å². The fourth-order valence-corrected chi connectivity index (χ4v) is 6.34. The zero-order valence-corrected chi connectivity index (χ0v) is 24.9. The second-order valence-corrected chi connectivity index (χ2v) is 12.5. The van der Waals surface area contributed by atoms with Crippen molar-refractivity contribution in [2.24, 2.45) is 0 Å². The summed E-state index contributed by atoms with van der Waals surface area (Å²) in [5.74, 6) is 1.06. The van der Waals surface area contributed by atoms with Gasteiger partial charge in [0.25, 0.3) is 5.91 Å². The van der Waals surface area contributed by atoms with Gasteiger partial charge in [-0.05, 0) is 43.9 Å². The maximum Gasteiger partial charge on any atom is 0.260 e. The van der Waals surface area contributed by atoms with E-state index < -0.39 is 10.0 Å². The maximum absolute atomic E-state index is 13.7. The van der Waals surface area contributed by atoms with Crippen molar-refractivity contribution in [1.82, 2.24) is 14.2 Å². The number of fused-ring (bicyclic) bond motifs is 2. The van der Waals surface area contributed by atoms with Gasteiger partial charge in [0.2, 0.25) is 10.0 Å². The molecule has 1 aliphatic heterocycles. The number of halogens is 1. The van der Waals surface area contributed by atoms with Gasteiger partial charge in [-0.25, -0.2) is 13.4 Å². The summed E-state index contributed by atoms with van der Waals surface area (Å²) in [6, 6.07) is 19.2. The molecule has 5 rings (SSSR count). The van der Waals surface area contributed by atoms with Gasteiger partial charge in [0, 0.05) is 44.4 Å². The normalized spacial score (nSPS) is 12.9. The van der Waals surface area contributed by atoms with Gasteiger partial charge in [-0.1, -0.05) is 41.7 Å². The molecule has 40 heavy (non-hydrogen) atoms. The molecule has 1 amide bonds. The third-order valence-electron chi connectivity index (χ3n) is 6.35. The maximum atomic E-state index is 13.7. The Balaban J connectivity index is 0.00000370. The Morgan fingerprint density at radius 3 is 2.23 bits per heavy atom. The number of nitrogens with zero attached hydrogens (tertiary/aromatic N) is 4. The number of hydrogen-bond donors (Lipinski definition) is 0.